The van der Waals surface area contributed by atoms with Crippen LogP contribution in [0.4, 0.5) is 43.9 Å². The molecular formula is C64H46F10N12O8. The molecule has 2 N–H and O–H groups in total. The first kappa shape index (κ1) is 64.1. The van der Waals surface area contributed by atoms with Crippen LogP contribution in [0.1, 0.15) is 54.6 Å². The number of halogens is 10. The highest BCUT2D eigenvalue weighted by molar-refractivity contribution is 5.93. The Hall–Kier alpha value is -11.4. The Balaban J connectivity index is 0.000000192. The molecule has 0 radical (unpaired) electrons. The van der Waals surface area contributed by atoms with E-state index in [0.717, 1.165) is 24.3 Å². The third-order valence-corrected chi connectivity index (χ3v) is 14.7. The Labute approximate surface area is 523 Å². The maximum atomic E-state index is 15.5. The van der Waals surface area contributed by atoms with Gasteiger partial charge in [0.1, 0.15) is 59.2 Å². The molecule has 0 amide bonds. The summed E-state index contributed by atoms with van der Waals surface area (Å²) in [5, 5.41) is 33.7. The number of carboxylic acid groups (broad SMARTS) is 2. The van der Waals surface area contributed by atoms with Gasteiger partial charge in [0.25, 0.3) is 0 Å². The number of hydrogen-bond acceptors (Lipinski definition) is 14. The van der Waals surface area contributed by atoms with Gasteiger partial charge in [-0.25, -0.2) is 82.8 Å². The predicted molar refractivity (Wildman–Crippen MR) is 313 cm³/mol. The molecule has 0 aliphatic rings. The number of benzene rings is 6. The number of aromatic carboxylic acids is 2. The molecule has 0 fully saturated rings. The second-order valence-corrected chi connectivity index (χ2v) is 20.5. The number of carboxylic acids is 2. The second kappa shape index (κ2) is 27.6. The van der Waals surface area contributed by atoms with Crippen LogP contribution in [0.15, 0.2) is 134 Å². The number of fused-ring (bicyclic) bond motifs is 2. The molecule has 0 aliphatic heterocycles. The molecule has 6 aromatic heterocycles. The number of aromatic nitrogens is 12. The van der Waals surface area contributed by atoms with Crippen LogP contribution in [0.5, 0.6) is 11.8 Å². The molecule has 0 unspecified atom stereocenters. The first-order chi connectivity index (χ1) is 45.3. The topological polar surface area (TPSA) is 234 Å². The van der Waals surface area contributed by atoms with E-state index < -0.39 is 105 Å². The maximum Gasteiger partial charge on any atom is 0.335 e. The number of pyridine rings is 2. The molecule has 6 heterocycles. The highest BCUT2D eigenvalue weighted by Gasteiger charge is 2.28. The van der Waals surface area contributed by atoms with Crippen LogP contribution in [-0.2, 0) is 48.6 Å². The van der Waals surface area contributed by atoms with Crippen LogP contribution in [0.2, 0.25) is 0 Å². The van der Waals surface area contributed by atoms with Crippen LogP contribution in [0.3, 0.4) is 0 Å². The van der Waals surface area contributed by atoms with Crippen molar-refractivity contribution in [3.63, 3.8) is 0 Å². The Morgan fingerprint density at radius 2 is 0.883 bits per heavy atom. The molecule has 94 heavy (non-hydrogen) atoms. The molecule has 20 nitrogen and oxygen atoms in total. The van der Waals surface area contributed by atoms with Gasteiger partial charge in [0.2, 0.25) is 11.8 Å². The van der Waals surface area contributed by atoms with Crippen LogP contribution >= 0.6 is 0 Å². The van der Waals surface area contributed by atoms with Crippen molar-refractivity contribution < 1.29 is 82.7 Å². The van der Waals surface area contributed by atoms with Gasteiger partial charge in [-0.1, -0.05) is 34.7 Å². The van der Waals surface area contributed by atoms with Crippen LogP contribution in [-0.4, -0.2) is 109 Å². The van der Waals surface area contributed by atoms with Crippen LogP contribution in [0.25, 0.3) is 56.0 Å². The van der Waals surface area contributed by atoms with Crippen LogP contribution < -0.4 is 9.47 Å². The van der Waals surface area contributed by atoms with Gasteiger partial charge in [0, 0.05) is 97.8 Å². The molecule has 0 spiro atoms. The minimum Gasteiger partial charge on any atom is -0.478 e. The summed E-state index contributed by atoms with van der Waals surface area (Å²) < 4.78 is 179. The number of hydrogen-bond donors (Lipinski definition) is 2. The molecule has 12 rings (SSSR count). The molecule has 6 aromatic carbocycles. The molecule has 0 saturated heterocycles. The Kier molecular flexibility index (Phi) is 18.8. The average molecular weight is 1300 g/mol. The fraction of sp³-hybridized carbons (Fsp3) is 0.156. The van der Waals surface area contributed by atoms with Crippen molar-refractivity contribution in [2.45, 2.75) is 39.1 Å². The van der Waals surface area contributed by atoms with E-state index in [1.54, 1.807) is 24.5 Å². The third kappa shape index (κ3) is 13.5. The third-order valence-electron chi connectivity index (χ3n) is 14.7. The summed E-state index contributed by atoms with van der Waals surface area (Å²) in [4.78, 5) is 39.6. The molecule has 12 aromatic rings. The summed E-state index contributed by atoms with van der Waals surface area (Å²) in [6.07, 6.45) is 4.82. The van der Waals surface area contributed by atoms with Gasteiger partial charge in [0.05, 0.1) is 82.9 Å². The number of rotatable bonds is 22. The number of imidazole rings is 2. The Morgan fingerprint density at radius 3 is 1.24 bits per heavy atom. The normalized spacial score (nSPS) is 11.4. The lowest BCUT2D eigenvalue weighted by Crippen LogP contribution is -2.11. The lowest BCUT2D eigenvalue weighted by Gasteiger charge is -2.13. The first-order valence-electron chi connectivity index (χ1n) is 27.9. The van der Waals surface area contributed by atoms with E-state index in [4.69, 9.17) is 18.9 Å². The zero-order chi connectivity index (χ0) is 66.5. The molecule has 0 atom stereocenters. The number of ether oxygens (including phenoxy) is 4. The largest absolute Gasteiger partial charge is 0.478 e. The van der Waals surface area contributed by atoms with Crippen molar-refractivity contribution in [2.75, 3.05) is 27.4 Å². The van der Waals surface area contributed by atoms with E-state index in [-0.39, 0.29) is 119 Å². The summed E-state index contributed by atoms with van der Waals surface area (Å²) in [5.74, 6) is -14.1. The monoisotopic (exact) mass is 1300 g/mol. The van der Waals surface area contributed by atoms with E-state index in [9.17, 15) is 37.4 Å². The second-order valence-electron chi connectivity index (χ2n) is 20.5. The van der Waals surface area contributed by atoms with E-state index in [1.807, 2.05) is 0 Å². The van der Waals surface area contributed by atoms with Crippen LogP contribution in [0, 0.1) is 58.2 Å². The van der Waals surface area contributed by atoms with E-state index in [2.05, 4.69) is 40.6 Å². The molecule has 480 valence electrons. The Morgan fingerprint density at radius 1 is 0.468 bits per heavy atom. The van der Waals surface area contributed by atoms with Crippen molar-refractivity contribution in [3.05, 3.63) is 237 Å². The lowest BCUT2D eigenvalue weighted by atomic mass is 10.0. The van der Waals surface area contributed by atoms with Gasteiger partial charge < -0.3 is 38.3 Å². The number of carbonyl (C=O) groups is 2. The van der Waals surface area contributed by atoms with Crippen molar-refractivity contribution in [3.8, 4) is 45.6 Å². The predicted octanol–water partition coefficient (Wildman–Crippen LogP) is 11.8. The average Bonchev–Trinajstić information content (AvgIpc) is 1.62. The molecule has 0 bridgehead atoms. The van der Waals surface area contributed by atoms with Crippen molar-refractivity contribution in [1.29, 1.82) is 0 Å². The molecular weight excluding hydrogens is 1250 g/mol. The fourth-order valence-electron chi connectivity index (χ4n) is 10.00. The highest BCUT2D eigenvalue weighted by atomic mass is 19.2. The SMILES string of the molecule is COCCn1c(Cc2c(F)cc(-c3cccc(OCc4ccc(-n5ccnn5)cc4F)n3)c(F)c2F)nc2c(F)cc(C(=O)O)cc21.COCCn1c(Cc2c(F)cc(-c3cccc(OCc4ccc(-n5ccnn5)cc4F)n3)c(F)c2F)nc2c(F)cc(C(=O)O)cc21. The van der Waals surface area contributed by atoms with Gasteiger partial charge in [-0.3, -0.25) is 0 Å². The lowest BCUT2D eigenvalue weighted by molar-refractivity contribution is 0.0686. The van der Waals surface area contributed by atoms with Gasteiger partial charge in [-0.15, -0.1) is 10.2 Å². The van der Waals surface area contributed by atoms with Gasteiger partial charge in [0.15, 0.2) is 34.9 Å². The Bertz CT molecular complexity index is 4540. The number of methoxy groups -OCH3 is 2. The maximum absolute atomic E-state index is 15.5. The van der Waals surface area contributed by atoms with Crippen molar-refractivity contribution in [1.82, 2.24) is 59.1 Å². The summed E-state index contributed by atoms with van der Waals surface area (Å²) >= 11 is 0. The molecule has 30 heteroatoms. The zero-order valence-corrected chi connectivity index (χ0v) is 48.8. The van der Waals surface area contributed by atoms with Crippen molar-refractivity contribution >= 4 is 34.0 Å². The summed E-state index contributed by atoms with van der Waals surface area (Å²) in [5.41, 5.74) is -2.40. The van der Waals surface area contributed by atoms with E-state index in [1.165, 1.54) is 118 Å². The summed E-state index contributed by atoms with van der Waals surface area (Å²) in [7, 11) is 2.81. The van der Waals surface area contributed by atoms with Gasteiger partial charge in [-0.2, -0.15) is 0 Å². The van der Waals surface area contributed by atoms with Gasteiger partial charge in [-0.05, 0) is 60.7 Å². The first-order valence-corrected chi connectivity index (χ1v) is 27.9. The summed E-state index contributed by atoms with van der Waals surface area (Å²) in [6, 6.07) is 22.5. The van der Waals surface area contributed by atoms with Crippen molar-refractivity contribution in [2.24, 2.45) is 0 Å². The van der Waals surface area contributed by atoms with E-state index >= 15 is 26.3 Å². The minimum absolute atomic E-state index is 0.0429. The standard InChI is InChI=1S/2C32H23F5N6O4/c2*1-46-10-9-42-26-12-18(32(44)45)11-24(35)31(26)40-27(42)15-20-23(34)14-21(30(37)29(20)36)25-3-2-4-28(39-25)47-16-17-5-6-19(13-22(17)33)43-8-7-38-41-43/h2*2-8,11-14H,9-10,15-16H2,1H3,(H,44,45). The molecule has 0 saturated carbocycles. The highest BCUT2D eigenvalue weighted by Crippen LogP contribution is 2.34. The minimum atomic E-state index is -1.51. The van der Waals surface area contributed by atoms with E-state index in [0.29, 0.717) is 11.4 Å². The van der Waals surface area contributed by atoms with Gasteiger partial charge >= 0.3 is 11.9 Å². The quantitative estimate of drug-likeness (QED) is 0.0474. The smallest absolute Gasteiger partial charge is 0.335 e. The molecule has 0 aliphatic carbocycles. The zero-order valence-electron chi connectivity index (χ0n) is 48.8. The number of nitrogens with zero attached hydrogens (tertiary/aromatic N) is 12. The summed E-state index contributed by atoms with van der Waals surface area (Å²) in [6.45, 7) is -0.241. The fourth-order valence-corrected chi connectivity index (χ4v) is 10.00.